The van der Waals surface area contributed by atoms with Gasteiger partial charge in [-0.2, -0.15) is 0 Å². The summed E-state index contributed by atoms with van der Waals surface area (Å²) in [5, 5.41) is 3.57. The van der Waals surface area contributed by atoms with Crippen LogP contribution in [-0.4, -0.2) is 15.4 Å². The number of nitrogens with zero attached hydrogens (tertiary/aromatic N) is 2. The van der Waals surface area contributed by atoms with Gasteiger partial charge in [-0.15, -0.1) is 0 Å². The quantitative estimate of drug-likeness (QED) is 0.943. The molecule has 4 heteroatoms. The highest BCUT2D eigenvalue weighted by molar-refractivity contribution is 5.37. The minimum absolute atomic E-state index is 0.0126. The predicted octanol–water partition coefficient (Wildman–Crippen LogP) is 2.75. The second-order valence-corrected chi connectivity index (χ2v) is 6.85. The molecule has 4 nitrogen and oxygen atoms in total. The van der Waals surface area contributed by atoms with Crippen molar-refractivity contribution in [2.45, 2.75) is 52.1 Å². The molecule has 112 valence electrons. The molecule has 1 N–H and O–H groups in total. The van der Waals surface area contributed by atoms with Crippen molar-refractivity contribution in [3.8, 4) is 0 Å². The van der Waals surface area contributed by atoms with Crippen molar-refractivity contribution < 1.29 is 0 Å². The van der Waals surface area contributed by atoms with E-state index in [1.807, 2.05) is 18.2 Å². The summed E-state index contributed by atoms with van der Waals surface area (Å²) in [4.78, 5) is 16.6. The Morgan fingerprint density at radius 3 is 3.10 bits per heavy atom. The largest absolute Gasteiger partial charge is 0.308 e. The van der Waals surface area contributed by atoms with Gasteiger partial charge in [-0.25, -0.2) is 4.98 Å². The van der Waals surface area contributed by atoms with Crippen molar-refractivity contribution in [3.05, 3.63) is 46.5 Å². The van der Waals surface area contributed by atoms with Gasteiger partial charge in [0.05, 0.1) is 5.69 Å². The van der Waals surface area contributed by atoms with Gasteiger partial charge in [-0.05, 0) is 36.8 Å². The third kappa shape index (κ3) is 3.32. The number of pyridine rings is 1. The number of hydrogen-bond acceptors (Lipinski definition) is 3. The van der Waals surface area contributed by atoms with E-state index in [0.29, 0.717) is 23.6 Å². The Kier molecular flexibility index (Phi) is 3.81. The lowest BCUT2D eigenvalue weighted by molar-refractivity contribution is 0.197. The van der Waals surface area contributed by atoms with Crippen LogP contribution in [0.15, 0.2) is 35.3 Å². The van der Waals surface area contributed by atoms with Gasteiger partial charge >= 0.3 is 0 Å². The summed E-state index contributed by atoms with van der Waals surface area (Å²) in [7, 11) is 0. The Balaban J connectivity index is 1.72. The van der Waals surface area contributed by atoms with E-state index in [1.54, 1.807) is 16.7 Å². The van der Waals surface area contributed by atoms with Gasteiger partial charge in [0, 0.05) is 24.8 Å². The third-order valence-corrected chi connectivity index (χ3v) is 4.40. The lowest BCUT2D eigenvalue weighted by Gasteiger charge is -2.35. The molecule has 3 rings (SSSR count). The van der Waals surface area contributed by atoms with Gasteiger partial charge in [0.15, 0.2) is 0 Å². The fourth-order valence-electron chi connectivity index (χ4n) is 3.31. The fourth-order valence-corrected chi connectivity index (χ4v) is 3.31. The Labute approximate surface area is 125 Å². The molecule has 0 bridgehead atoms. The van der Waals surface area contributed by atoms with Crippen molar-refractivity contribution in [1.29, 1.82) is 0 Å². The van der Waals surface area contributed by atoms with Crippen molar-refractivity contribution in [3.63, 3.8) is 0 Å². The van der Waals surface area contributed by atoms with Gasteiger partial charge in [-0.1, -0.05) is 26.3 Å². The number of hydrogen-bond donors (Lipinski definition) is 1. The normalized spacial score (nSPS) is 21.5. The molecular weight excluding hydrogens is 262 g/mol. The molecule has 1 aliphatic carbocycles. The summed E-state index contributed by atoms with van der Waals surface area (Å²) in [6.45, 7) is 5.34. The first-order chi connectivity index (χ1) is 10.0. The van der Waals surface area contributed by atoms with Gasteiger partial charge in [0.1, 0.15) is 5.65 Å². The standard InChI is InChI=1S/C17H23N3O/c1-17(2)8-5-6-13(11-17)18-12-14-10-16(21)20-9-4-3-7-15(20)19-14/h3-4,7,9-10,13,18H,5-6,8,11-12H2,1-2H3. The van der Waals surface area contributed by atoms with Gasteiger partial charge in [0.25, 0.3) is 5.56 Å². The molecular formula is C17H23N3O. The van der Waals surface area contributed by atoms with E-state index in [9.17, 15) is 4.79 Å². The highest BCUT2D eigenvalue weighted by Crippen LogP contribution is 2.35. The van der Waals surface area contributed by atoms with E-state index in [-0.39, 0.29) is 5.56 Å². The van der Waals surface area contributed by atoms with Crippen LogP contribution in [0.3, 0.4) is 0 Å². The Morgan fingerprint density at radius 1 is 1.43 bits per heavy atom. The van der Waals surface area contributed by atoms with Gasteiger partial charge in [0.2, 0.25) is 0 Å². The lowest BCUT2D eigenvalue weighted by Crippen LogP contribution is -2.37. The fraction of sp³-hybridized carbons (Fsp3) is 0.529. The summed E-state index contributed by atoms with van der Waals surface area (Å²) in [5.41, 5.74) is 1.95. The first kappa shape index (κ1) is 14.3. The zero-order chi connectivity index (χ0) is 14.9. The monoisotopic (exact) mass is 285 g/mol. The number of rotatable bonds is 3. The van der Waals surface area contributed by atoms with E-state index < -0.39 is 0 Å². The van der Waals surface area contributed by atoms with Crippen molar-refractivity contribution in [2.24, 2.45) is 5.41 Å². The van der Waals surface area contributed by atoms with Gasteiger partial charge in [-0.3, -0.25) is 9.20 Å². The second-order valence-electron chi connectivity index (χ2n) is 6.85. The maximum atomic E-state index is 12.0. The zero-order valence-corrected chi connectivity index (χ0v) is 12.8. The molecule has 2 heterocycles. The summed E-state index contributed by atoms with van der Waals surface area (Å²) in [6, 6.07) is 7.79. The highest BCUT2D eigenvalue weighted by atomic mass is 16.1. The average molecular weight is 285 g/mol. The van der Waals surface area contributed by atoms with Crippen LogP contribution >= 0.6 is 0 Å². The van der Waals surface area contributed by atoms with Crippen LogP contribution in [0.2, 0.25) is 0 Å². The molecule has 21 heavy (non-hydrogen) atoms. The first-order valence-corrected chi connectivity index (χ1v) is 7.74. The summed E-state index contributed by atoms with van der Waals surface area (Å²) < 4.78 is 1.58. The van der Waals surface area contributed by atoms with Crippen LogP contribution in [-0.2, 0) is 6.54 Å². The molecule has 2 aromatic rings. The molecule has 0 amide bonds. The molecule has 0 aliphatic heterocycles. The smallest absolute Gasteiger partial charge is 0.258 e. The molecule has 1 fully saturated rings. The molecule has 1 atom stereocenters. The Bertz CT molecular complexity index is 690. The van der Waals surface area contributed by atoms with Crippen LogP contribution in [0.5, 0.6) is 0 Å². The zero-order valence-electron chi connectivity index (χ0n) is 12.8. The van der Waals surface area contributed by atoms with Crippen LogP contribution in [0.25, 0.3) is 5.65 Å². The Hall–Kier alpha value is -1.68. The number of fused-ring (bicyclic) bond motifs is 1. The lowest BCUT2D eigenvalue weighted by atomic mass is 9.75. The molecule has 0 saturated heterocycles. The second kappa shape index (κ2) is 5.60. The molecule has 1 unspecified atom stereocenters. The summed E-state index contributed by atoms with van der Waals surface area (Å²) in [6.07, 6.45) is 6.75. The maximum absolute atomic E-state index is 12.0. The molecule has 1 aliphatic rings. The topological polar surface area (TPSA) is 46.4 Å². The summed E-state index contributed by atoms with van der Waals surface area (Å²) in [5.74, 6) is 0. The van der Waals surface area contributed by atoms with Crippen LogP contribution in [0.4, 0.5) is 0 Å². The van der Waals surface area contributed by atoms with Crippen molar-refractivity contribution in [2.75, 3.05) is 0 Å². The highest BCUT2D eigenvalue weighted by Gasteiger charge is 2.27. The van der Waals surface area contributed by atoms with Gasteiger partial charge < -0.3 is 5.32 Å². The molecule has 0 radical (unpaired) electrons. The van der Waals surface area contributed by atoms with E-state index >= 15 is 0 Å². The van der Waals surface area contributed by atoms with Crippen molar-refractivity contribution in [1.82, 2.24) is 14.7 Å². The maximum Gasteiger partial charge on any atom is 0.258 e. The van der Waals surface area contributed by atoms with Crippen LogP contribution in [0, 0.1) is 5.41 Å². The third-order valence-electron chi connectivity index (χ3n) is 4.40. The van der Waals surface area contributed by atoms with E-state index in [0.717, 1.165) is 5.69 Å². The molecule has 0 spiro atoms. The van der Waals surface area contributed by atoms with E-state index in [4.69, 9.17) is 0 Å². The predicted molar refractivity (Wildman–Crippen MR) is 84.3 cm³/mol. The molecule has 0 aromatic carbocycles. The number of nitrogens with one attached hydrogen (secondary N) is 1. The molecule has 1 saturated carbocycles. The average Bonchev–Trinajstić information content (AvgIpc) is 2.44. The Morgan fingerprint density at radius 2 is 2.29 bits per heavy atom. The SMILES string of the molecule is CC1(C)CCCC(NCc2cc(=O)n3ccccc3n2)C1. The van der Waals surface area contributed by atoms with E-state index in [1.165, 1.54) is 25.7 Å². The minimum Gasteiger partial charge on any atom is -0.308 e. The summed E-state index contributed by atoms with van der Waals surface area (Å²) >= 11 is 0. The number of aromatic nitrogens is 2. The van der Waals surface area contributed by atoms with Crippen LogP contribution in [0.1, 0.15) is 45.2 Å². The van der Waals surface area contributed by atoms with E-state index in [2.05, 4.69) is 24.1 Å². The minimum atomic E-state index is -0.0126. The first-order valence-electron chi connectivity index (χ1n) is 7.74. The van der Waals surface area contributed by atoms with Crippen LogP contribution < -0.4 is 10.9 Å². The molecule has 2 aromatic heterocycles. The van der Waals surface area contributed by atoms with Crippen molar-refractivity contribution >= 4 is 5.65 Å².